The number of nitrogens with one attached hydrogen (secondary N) is 1. The van der Waals surface area contributed by atoms with E-state index >= 15 is 0 Å². The molecule has 0 aliphatic carbocycles. The third-order valence-electron chi connectivity index (χ3n) is 4.19. The first-order chi connectivity index (χ1) is 10.2. The van der Waals surface area contributed by atoms with Gasteiger partial charge in [-0.25, -0.2) is 13.5 Å². The fourth-order valence-corrected chi connectivity index (χ4v) is 3.03. The molecule has 3 rings (SSSR count). The average molecular weight is 291 g/mol. The van der Waals surface area contributed by atoms with Crippen LogP contribution < -0.4 is 5.32 Å². The van der Waals surface area contributed by atoms with Crippen LogP contribution >= 0.6 is 0 Å². The minimum atomic E-state index is -0.593. The van der Waals surface area contributed by atoms with Crippen molar-refractivity contribution in [3.8, 4) is 5.69 Å². The molecule has 2 aromatic rings. The Bertz CT molecular complexity index is 660. The molecule has 0 fully saturated rings. The van der Waals surface area contributed by atoms with Gasteiger partial charge in [0.2, 0.25) is 0 Å². The lowest BCUT2D eigenvalue weighted by Gasteiger charge is -2.11. The fourth-order valence-electron chi connectivity index (χ4n) is 3.03. The molecule has 0 amide bonds. The van der Waals surface area contributed by atoms with Crippen molar-refractivity contribution in [3.05, 3.63) is 41.1 Å². The van der Waals surface area contributed by atoms with E-state index in [0.717, 1.165) is 43.4 Å². The lowest BCUT2D eigenvalue weighted by Crippen LogP contribution is -2.08. The predicted molar refractivity (Wildman–Crippen MR) is 79.0 cm³/mol. The van der Waals surface area contributed by atoms with Gasteiger partial charge in [0.25, 0.3) is 0 Å². The van der Waals surface area contributed by atoms with E-state index in [1.165, 1.54) is 17.7 Å². The molecule has 2 heterocycles. The summed E-state index contributed by atoms with van der Waals surface area (Å²) in [5.74, 6) is 0.0594. The van der Waals surface area contributed by atoms with Crippen molar-refractivity contribution in [1.29, 1.82) is 0 Å². The standard InChI is InChI=1S/C16H19F2N3/c1-3-10(4-2)15-12-7-8-19-16(12)21(20-15)14-6-5-11(17)9-13(14)18/h5-6,9-10,19H,3-4,7-8H2,1-2H3. The molecular weight excluding hydrogens is 272 g/mol. The number of fused-ring (bicyclic) bond motifs is 1. The van der Waals surface area contributed by atoms with Crippen LogP contribution in [0.5, 0.6) is 0 Å². The molecule has 1 aliphatic heterocycles. The fraction of sp³-hybridized carbons (Fsp3) is 0.438. The molecule has 0 saturated carbocycles. The Hall–Kier alpha value is -1.91. The van der Waals surface area contributed by atoms with Gasteiger partial charge in [0, 0.05) is 24.1 Å². The highest BCUT2D eigenvalue weighted by Crippen LogP contribution is 2.35. The van der Waals surface area contributed by atoms with Gasteiger partial charge in [0.15, 0.2) is 5.82 Å². The molecule has 1 aromatic carbocycles. The number of nitrogens with zero attached hydrogens (tertiary/aromatic N) is 2. The number of aromatic nitrogens is 2. The van der Waals surface area contributed by atoms with Crippen molar-refractivity contribution < 1.29 is 8.78 Å². The monoisotopic (exact) mass is 291 g/mol. The largest absolute Gasteiger partial charge is 0.369 e. The number of benzene rings is 1. The van der Waals surface area contributed by atoms with Crippen LogP contribution in [0, 0.1) is 11.6 Å². The Labute approximate surface area is 123 Å². The maximum absolute atomic E-state index is 14.1. The molecule has 0 atom stereocenters. The van der Waals surface area contributed by atoms with E-state index in [1.807, 2.05) is 0 Å². The van der Waals surface area contributed by atoms with E-state index in [9.17, 15) is 8.78 Å². The van der Waals surface area contributed by atoms with Gasteiger partial charge in [-0.05, 0) is 31.4 Å². The summed E-state index contributed by atoms with van der Waals surface area (Å²) in [4.78, 5) is 0. The van der Waals surface area contributed by atoms with Crippen LogP contribution in [0.15, 0.2) is 18.2 Å². The quantitative estimate of drug-likeness (QED) is 0.922. The van der Waals surface area contributed by atoms with Crippen molar-refractivity contribution in [2.75, 3.05) is 11.9 Å². The van der Waals surface area contributed by atoms with Gasteiger partial charge in [-0.3, -0.25) is 0 Å². The third kappa shape index (κ3) is 2.30. The molecule has 1 aliphatic rings. The van der Waals surface area contributed by atoms with Crippen LogP contribution in [-0.2, 0) is 6.42 Å². The minimum absolute atomic E-state index is 0.291. The summed E-state index contributed by atoms with van der Waals surface area (Å²) in [6.45, 7) is 5.12. The van der Waals surface area contributed by atoms with E-state index in [4.69, 9.17) is 0 Å². The van der Waals surface area contributed by atoms with Crippen molar-refractivity contribution in [1.82, 2.24) is 9.78 Å². The van der Waals surface area contributed by atoms with Gasteiger partial charge >= 0.3 is 0 Å². The summed E-state index contributed by atoms with van der Waals surface area (Å²) in [5, 5.41) is 7.90. The van der Waals surface area contributed by atoms with Crippen LogP contribution in [0.1, 0.15) is 43.9 Å². The molecule has 1 N–H and O–H groups in total. The SMILES string of the molecule is CCC(CC)c1nn(-c2ccc(F)cc2F)c2c1CCN2. The van der Waals surface area contributed by atoms with Crippen molar-refractivity contribution in [2.24, 2.45) is 0 Å². The molecule has 5 heteroatoms. The molecule has 1 aromatic heterocycles. The van der Waals surface area contributed by atoms with Gasteiger partial charge in [0.05, 0.1) is 5.69 Å². The van der Waals surface area contributed by atoms with E-state index < -0.39 is 11.6 Å². The summed E-state index contributed by atoms with van der Waals surface area (Å²) in [6, 6.07) is 3.60. The Balaban J connectivity index is 2.13. The van der Waals surface area contributed by atoms with E-state index in [1.54, 1.807) is 4.68 Å². The highest BCUT2D eigenvalue weighted by Gasteiger charge is 2.27. The first-order valence-electron chi connectivity index (χ1n) is 7.46. The summed E-state index contributed by atoms with van der Waals surface area (Å²) in [5.41, 5.74) is 2.51. The van der Waals surface area contributed by atoms with Gasteiger partial charge in [0.1, 0.15) is 17.3 Å². The molecule has 0 bridgehead atoms. The second-order valence-corrected chi connectivity index (χ2v) is 5.41. The zero-order valence-corrected chi connectivity index (χ0v) is 12.3. The second-order valence-electron chi connectivity index (χ2n) is 5.41. The highest BCUT2D eigenvalue weighted by molar-refractivity contribution is 5.58. The first kappa shape index (κ1) is 14.0. The summed E-state index contributed by atoms with van der Waals surface area (Å²) in [7, 11) is 0. The number of hydrogen-bond donors (Lipinski definition) is 1. The zero-order valence-electron chi connectivity index (χ0n) is 12.3. The Morgan fingerprint density at radius 2 is 2.05 bits per heavy atom. The molecule has 112 valence electrons. The normalized spacial score (nSPS) is 13.6. The second kappa shape index (κ2) is 5.47. The maximum Gasteiger partial charge on any atom is 0.151 e. The van der Waals surface area contributed by atoms with Crippen LogP contribution in [-0.4, -0.2) is 16.3 Å². The third-order valence-corrected chi connectivity index (χ3v) is 4.19. The van der Waals surface area contributed by atoms with Gasteiger partial charge < -0.3 is 5.32 Å². The zero-order chi connectivity index (χ0) is 15.0. The molecule has 0 radical (unpaired) electrons. The molecule has 0 spiro atoms. The smallest absolute Gasteiger partial charge is 0.151 e. The van der Waals surface area contributed by atoms with Crippen molar-refractivity contribution >= 4 is 5.82 Å². The summed E-state index contributed by atoms with van der Waals surface area (Å²) >= 11 is 0. The minimum Gasteiger partial charge on any atom is -0.369 e. The number of halogens is 2. The molecule has 21 heavy (non-hydrogen) atoms. The van der Waals surface area contributed by atoms with E-state index in [-0.39, 0.29) is 0 Å². The molecule has 0 unspecified atom stereocenters. The Kier molecular flexibility index (Phi) is 3.66. The van der Waals surface area contributed by atoms with Gasteiger partial charge in [-0.15, -0.1) is 0 Å². The van der Waals surface area contributed by atoms with Gasteiger partial charge in [-0.2, -0.15) is 5.10 Å². The Morgan fingerprint density at radius 1 is 1.29 bits per heavy atom. The highest BCUT2D eigenvalue weighted by atomic mass is 19.1. The van der Waals surface area contributed by atoms with E-state index in [2.05, 4.69) is 24.3 Å². The number of rotatable bonds is 4. The number of hydrogen-bond acceptors (Lipinski definition) is 2. The van der Waals surface area contributed by atoms with Crippen molar-refractivity contribution in [3.63, 3.8) is 0 Å². The first-order valence-corrected chi connectivity index (χ1v) is 7.46. The topological polar surface area (TPSA) is 29.9 Å². The predicted octanol–water partition coefficient (Wildman–Crippen LogP) is 4.02. The van der Waals surface area contributed by atoms with Crippen molar-refractivity contribution in [2.45, 2.75) is 39.0 Å². The summed E-state index contributed by atoms with van der Waals surface area (Å²) in [6.07, 6.45) is 2.92. The molecule has 3 nitrogen and oxygen atoms in total. The molecule has 0 saturated heterocycles. The van der Waals surface area contributed by atoms with Gasteiger partial charge in [-0.1, -0.05) is 13.8 Å². The maximum atomic E-state index is 14.1. The Morgan fingerprint density at radius 3 is 2.71 bits per heavy atom. The number of anilines is 1. The lowest BCUT2D eigenvalue weighted by molar-refractivity contribution is 0.569. The van der Waals surface area contributed by atoms with Crippen LogP contribution in [0.3, 0.4) is 0 Å². The van der Waals surface area contributed by atoms with Crippen LogP contribution in [0.4, 0.5) is 14.6 Å². The molecular formula is C16H19F2N3. The average Bonchev–Trinajstić information content (AvgIpc) is 3.04. The van der Waals surface area contributed by atoms with Crippen LogP contribution in [0.2, 0.25) is 0 Å². The summed E-state index contributed by atoms with van der Waals surface area (Å²) < 4.78 is 28.7. The van der Waals surface area contributed by atoms with Crippen LogP contribution in [0.25, 0.3) is 5.69 Å². The van der Waals surface area contributed by atoms with E-state index in [0.29, 0.717) is 11.6 Å². The lowest BCUT2D eigenvalue weighted by atomic mass is 9.96.